The van der Waals surface area contributed by atoms with Gasteiger partial charge in [-0.15, -0.1) is 0 Å². The molecular formula is C26H30F2N2O4S. The maximum atomic E-state index is 15.0. The predicted molar refractivity (Wildman–Crippen MR) is 128 cm³/mol. The van der Waals surface area contributed by atoms with Gasteiger partial charge in [0.1, 0.15) is 23.5 Å². The van der Waals surface area contributed by atoms with Crippen LogP contribution < -0.4 is 9.46 Å². The second-order valence-electron chi connectivity index (χ2n) is 9.92. The first-order chi connectivity index (χ1) is 16.7. The average Bonchev–Trinajstić information content (AvgIpc) is 3.71. The molecule has 1 N–H and O–H groups in total. The van der Waals surface area contributed by atoms with Gasteiger partial charge in [-0.1, -0.05) is 12.1 Å². The first-order valence-corrected chi connectivity index (χ1v) is 13.8. The highest BCUT2D eigenvalue weighted by Gasteiger charge is 2.38. The van der Waals surface area contributed by atoms with Crippen LogP contribution in [-0.2, 0) is 10.0 Å². The number of amides is 1. The van der Waals surface area contributed by atoms with Gasteiger partial charge in [-0.25, -0.2) is 21.9 Å². The number of halogens is 2. The molecule has 2 aromatic rings. The lowest BCUT2D eigenvalue weighted by Gasteiger charge is -2.37. The highest BCUT2D eigenvalue weighted by atomic mass is 32.2. The number of rotatable bonds is 8. The summed E-state index contributed by atoms with van der Waals surface area (Å²) in [6, 6.07) is 9.28. The number of hydrogen-bond donors (Lipinski definition) is 1. The second-order valence-corrected chi connectivity index (χ2v) is 11.9. The summed E-state index contributed by atoms with van der Waals surface area (Å²) in [7, 11) is -3.76. The molecule has 0 unspecified atom stereocenters. The molecule has 9 heteroatoms. The standard InChI is InChI=1S/C26H30F2N2O4S/c1-16(17-6-8-19(27)9-7-17)30-12-2-3-20(15-30)34-25-14-24(28)23(13-22(25)18-4-5-18)26(31)29-35(32,33)21-10-11-21/h6-9,13-14,16,18,20-21H,2-5,10-12,15H2,1H3,(H,29,31)/t16-,20-/m1/s1. The van der Waals surface area contributed by atoms with Gasteiger partial charge in [-0.05, 0) is 87.2 Å². The van der Waals surface area contributed by atoms with E-state index in [2.05, 4.69) is 11.8 Å². The van der Waals surface area contributed by atoms with E-state index in [9.17, 15) is 22.0 Å². The molecule has 0 aromatic heterocycles. The zero-order chi connectivity index (χ0) is 24.7. The van der Waals surface area contributed by atoms with Gasteiger partial charge in [0.25, 0.3) is 5.91 Å². The molecule has 6 nitrogen and oxygen atoms in total. The maximum Gasteiger partial charge on any atom is 0.267 e. The van der Waals surface area contributed by atoms with E-state index in [1.54, 1.807) is 12.1 Å². The average molecular weight is 505 g/mol. The van der Waals surface area contributed by atoms with Crippen molar-refractivity contribution in [1.29, 1.82) is 0 Å². The Labute approximate surface area is 204 Å². The van der Waals surface area contributed by atoms with Gasteiger partial charge < -0.3 is 4.74 Å². The molecule has 2 saturated carbocycles. The molecule has 2 aromatic carbocycles. The Kier molecular flexibility index (Phi) is 6.57. The molecule has 0 spiro atoms. The topological polar surface area (TPSA) is 75.7 Å². The monoisotopic (exact) mass is 504 g/mol. The number of ether oxygens (including phenoxy) is 1. The van der Waals surface area contributed by atoms with Crippen LogP contribution in [0.1, 0.15) is 78.9 Å². The van der Waals surface area contributed by atoms with Crippen LogP contribution in [0.2, 0.25) is 0 Å². The smallest absolute Gasteiger partial charge is 0.267 e. The minimum absolute atomic E-state index is 0.0844. The van der Waals surface area contributed by atoms with E-state index < -0.39 is 27.0 Å². The fourth-order valence-electron chi connectivity index (χ4n) is 4.75. The number of nitrogens with one attached hydrogen (secondary N) is 1. The number of benzene rings is 2. The first kappa shape index (κ1) is 24.2. The molecule has 35 heavy (non-hydrogen) atoms. The molecular weight excluding hydrogens is 474 g/mol. The fourth-order valence-corrected chi connectivity index (χ4v) is 6.04. The molecule has 188 valence electrons. The van der Waals surface area contributed by atoms with Crippen molar-refractivity contribution in [3.63, 3.8) is 0 Å². The van der Waals surface area contributed by atoms with Crippen LogP contribution in [0.5, 0.6) is 5.75 Å². The molecule has 3 aliphatic rings. The molecule has 0 bridgehead atoms. The van der Waals surface area contributed by atoms with Gasteiger partial charge in [-0.2, -0.15) is 0 Å². The van der Waals surface area contributed by atoms with Crippen LogP contribution in [-0.4, -0.2) is 43.7 Å². The van der Waals surface area contributed by atoms with Gasteiger partial charge in [0.2, 0.25) is 10.0 Å². The van der Waals surface area contributed by atoms with Gasteiger partial charge in [0, 0.05) is 18.7 Å². The number of carbonyl (C=O) groups is 1. The summed E-state index contributed by atoms with van der Waals surface area (Å²) in [6.07, 6.45) is 4.45. The normalized spacial score (nSPS) is 22.0. The lowest BCUT2D eigenvalue weighted by Crippen LogP contribution is -2.42. The summed E-state index contributed by atoms with van der Waals surface area (Å²) in [5.41, 5.74) is 1.51. The summed E-state index contributed by atoms with van der Waals surface area (Å²) >= 11 is 0. The molecule has 1 heterocycles. The van der Waals surface area contributed by atoms with E-state index in [1.807, 2.05) is 4.72 Å². The van der Waals surface area contributed by atoms with E-state index in [4.69, 9.17) is 4.74 Å². The Morgan fingerprint density at radius 2 is 1.80 bits per heavy atom. The molecule has 2 aliphatic carbocycles. The number of likely N-dealkylation sites (tertiary alicyclic amines) is 1. The van der Waals surface area contributed by atoms with Crippen molar-refractivity contribution in [1.82, 2.24) is 9.62 Å². The van der Waals surface area contributed by atoms with E-state index in [0.717, 1.165) is 43.4 Å². The van der Waals surface area contributed by atoms with Gasteiger partial charge in [-0.3, -0.25) is 9.69 Å². The van der Waals surface area contributed by atoms with Gasteiger partial charge >= 0.3 is 0 Å². The Morgan fingerprint density at radius 1 is 1.09 bits per heavy atom. The zero-order valence-electron chi connectivity index (χ0n) is 19.7. The SMILES string of the molecule is C[C@H](c1ccc(F)cc1)N1CCC[C@@H](Oc2cc(F)c(C(=O)NS(=O)(=O)C3CC3)cc2C2CC2)C1. The number of carbonyl (C=O) groups excluding carboxylic acids is 1. The number of hydrogen-bond acceptors (Lipinski definition) is 5. The molecule has 2 atom stereocenters. The number of sulfonamides is 1. The van der Waals surface area contributed by atoms with Crippen molar-refractivity contribution in [2.75, 3.05) is 13.1 Å². The third-order valence-corrected chi connectivity index (χ3v) is 8.98. The summed E-state index contributed by atoms with van der Waals surface area (Å²) in [5.74, 6) is -1.39. The maximum absolute atomic E-state index is 15.0. The highest BCUT2D eigenvalue weighted by Crippen LogP contribution is 2.45. The third kappa shape index (κ3) is 5.51. The second kappa shape index (κ2) is 9.50. The Hall–Kier alpha value is -2.52. The van der Waals surface area contributed by atoms with E-state index in [1.165, 1.54) is 24.3 Å². The Balaban J connectivity index is 1.31. The zero-order valence-corrected chi connectivity index (χ0v) is 20.5. The van der Waals surface area contributed by atoms with Crippen LogP contribution >= 0.6 is 0 Å². The molecule has 1 saturated heterocycles. The molecule has 3 fully saturated rings. The van der Waals surface area contributed by atoms with Crippen LogP contribution in [0.25, 0.3) is 0 Å². The Bertz CT molecular complexity index is 1210. The van der Waals surface area contributed by atoms with E-state index >= 15 is 0 Å². The van der Waals surface area contributed by atoms with Crippen LogP contribution in [0, 0.1) is 11.6 Å². The Morgan fingerprint density at radius 3 is 2.46 bits per heavy atom. The molecule has 0 radical (unpaired) electrons. The van der Waals surface area contributed by atoms with Crippen molar-refractivity contribution in [3.8, 4) is 5.75 Å². The molecule has 1 aliphatic heterocycles. The minimum Gasteiger partial charge on any atom is -0.489 e. The van der Waals surface area contributed by atoms with Crippen LogP contribution in [0.3, 0.4) is 0 Å². The predicted octanol–water partition coefficient (Wildman–Crippen LogP) is 4.67. The van der Waals surface area contributed by atoms with Crippen molar-refractivity contribution in [2.45, 2.75) is 68.8 Å². The quantitative estimate of drug-likeness (QED) is 0.566. The molecule has 5 rings (SSSR count). The van der Waals surface area contributed by atoms with Crippen molar-refractivity contribution >= 4 is 15.9 Å². The first-order valence-electron chi connectivity index (χ1n) is 12.3. The van der Waals surface area contributed by atoms with Crippen molar-refractivity contribution in [3.05, 3.63) is 64.7 Å². The number of piperidine rings is 1. The van der Waals surface area contributed by atoms with Crippen molar-refractivity contribution < 1.29 is 26.7 Å². The van der Waals surface area contributed by atoms with E-state index in [-0.39, 0.29) is 29.4 Å². The number of nitrogens with zero attached hydrogens (tertiary/aromatic N) is 1. The largest absolute Gasteiger partial charge is 0.489 e. The summed E-state index contributed by atoms with van der Waals surface area (Å²) in [4.78, 5) is 14.9. The molecule has 1 amide bonds. The van der Waals surface area contributed by atoms with Crippen LogP contribution in [0.15, 0.2) is 36.4 Å². The van der Waals surface area contributed by atoms with Gasteiger partial charge in [0.05, 0.1) is 10.8 Å². The lowest BCUT2D eigenvalue weighted by atomic mass is 10.0. The third-order valence-electron chi connectivity index (χ3n) is 7.16. The fraction of sp³-hybridized carbons (Fsp3) is 0.500. The highest BCUT2D eigenvalue weighted by molar-refractivity contribution is 7.91. The van der Waals surface area contributed by atoms with E-state index in [0.29, 0.717) is 25.1 Å². The summed E-state index contributed by atoms with van der Waals surface area (Å²) < 4.78 is 60.9. The van der Waals surface area contributed by atoms with Gasteiger partial charge in [0.15, 0.2) is 0 Å². The lowest BCUT2D eigenvalue weighted by molar-refractivity contribution is 0.0650. The summed E-state index contributed by atoms with van der Waals surface area (Å²) in [6.45, 7) is 3.61. The minimum atomic E-state index is -3.76. The summed E-state index contributed by atoms with van der Waals surface area (Å²) in [5, 5.41) is -0.563. The van der Waals surface area contributed by atoms with Crippen LogP contribution in [0.4, 0.5) is 8.78 Å². The van der Waals surface area contributed by atoms with Crippen molar-refractivity contribution in [2.24, 2.45) is 0 Å².